The van der Waals surface area contributed by atoms with E-state index < -0.39 is 50.6 Å². The van der Waals surface area contributed by atoms with Crippen molar-refractivity contribution in [3.05, 3.63) is 104 Å². The molecule has 3 aromatic rings. The minimum atomic E-state index is -1.01. The van der Waals surface area contributed by atoms with Gasteiger partial charge in [-0.15, -0.1) is 0 Å². The smallest absolute Gasteiger partial charge is 0.337 e. The van der Waals surface area contributed by atoms with Crippen LogP contribution in [0, 0.1) is 20.2 Å². The van der Waals surface area contributed by atoms with E-state index in [9.17, 15) is 39.4 Å². The molecule has 4 rings (SSSR count). The summed E-state index contributed by atoms with van der Waals surface area (Å²) in [6.07, 6.45) is 1.13. The Balaban J connectivity index is 1.70. The summed E-state index contributed by atoms with van der Waals surface area (Å²) >= 11 is 0. The van der Waals surface area contributed by atoms with Crippen LogP contribution in [0.15, 0.2) is 72.3 Å². The average Bonchev–Trinajstić information content (AvgIpc) is 2.91. The number of barbiturate groups is 1. The molecular weight excluding hydrogens is 516 g/mol. The van der Waals surface area contributed by atoms with Crippen molar-refractivity contribution in [3.8, 4) is 11.5 Å². The average molecular weight is 532 g/mol. The number of methoxy groups -OCH3 is 1. The van der Waals surface area contributed by atoms with Crippen LogP contribution in [-0.4, -0.2) is 40.8 Å². The van der Waals surface area contributed by atoms with Crippen molar-refractivity contribution in [2.75, 3.05) is 12.0 Å². The number of imide groups is 2. The molecular formula is C25H16N4O10. The van der Waals surface area contributed by atoms with Crippen LogP contribution in [0.5, 0.6) is 11.5 Å². The topological polar surface area (TPSA) is 188 Å². The first-order valence-electron chi connectivity index (χ1n) is 10.9. The van der Waals surface area contributed by atoms with Gasteiger partial charge in [-0.3, -0.25) is 35.1 Å². The molecule has 14 nitrogen and oxygen atoms in total. The van der Waals surface area contributed by atoms with Gasteiger partial charge in [-0.05, 0) is 42.5 Å². The molecule has 14 heteroatoms. The van der Waals surface area contributed by atoms with Gasteiger partial charge in [0.2, 0.25) is 5.75 Å². The molecule has 1 fully saturated rings. The second-order valence-corrected chi connectivity index (χ2v) is 7.80. The first-order valence-corrected chi connectivity index (χ1v) is 10.9. The third-order valence-electron chi connectivity index (χ3n) is 5.44. The number of esters is 1. The monoisotopic (exact) mass is 532 g/mol. The summed E-state index contributed by atoms with van der Waals surface area (Å²) < 4.78 is 10.3. The molecule has 1 aliphatic rings. The molecule has 196 valence electrons. The SMILES string of the molecule is COC(=O)c1ccc(N2C(=O)NC(=O)/C(=C\c3ccccc3Oc3ccc([N+](=O)[O-])cc3[N+](=O)[O-])C2=O)cc1. The zero-order valence-corrected chi connectivity index (χ0v) is 19.9. The fourth-order valence-electron chi connectivity index (χ4n) is 3.57. The lowest BCUT2D eigenvalue weighted by molar-refractivity contribution is -0.394. The van der Waals surface area contributed by atoms with E-state index >= 15 is 0 Å². The van der Waals surface area contributed by atoms with E-state index in [0.29, 0.717) is 4.90 Å². The van der Waals surface area contributed by atoms with Crippen molar-refractivity contribution in [1.82, 2.24) is 5.32 Å². The summed E-state index contributed by atoms with van der Waals surface area (Å²) in [5, 5.41) is 24.6. The number of hydrogen-bond donors (Lipinski definition) is 1. The minimum absolute atomic E-state index is 0.0200. The maximum atomic E-state index is 13.2. The van der Waals surface area contributed by atoms with Crippen LogP contribution in [0.4, 0.5) is 21.9 Å². The molecule has 1 heterocycles. The van der Waals surface area contributed by atoms with Crippen LogP contribution < -0.4 is 15.0 Å². The predicted octanol–water partition coefficient (Wildman–Crippen LogP) is 3.75. The number of nitrogens with one attached hydrogen (secondary N) is 1. The van der Waals surface area contributed by atoms with E-state index in [1.807, 2.05) is 0 Å². The Morgan fingerprint density at radius 2 is 1.62 bits per heavy atom. The van der Waals surface area contributed by atoms with Crippen LogP contribution in [0.25, 0.3) is 6.08 Å². The van der Waals surface area contributed by atoms with Crippen molar-refractivity contribution in [2.24, 2.45) is 0 Å². The minimum Gasteiger partial charge on any atom is -0.465 e. The number of amides is 4. The summed E-state index contributed by atoms with van der Waals surface area (Å²) in [4.78, 5) is 71.5. The van der Waals surface area contributed by atoms with Crippen LogP contribution in [0.2, 0.25) is 0 Å². The molecule has 4 amide bonds. The van der Waals surface area contributed by atoms with E-state index in [1.165, 1.54) is 49.6 Å². The van der Waals surface area contributed by atoms with Gasteiger partial charge in [-0.25, -0.2) is 14.5 Å². The Hall–Kier alpha value is -5.92. The second-order valence-electron chi connectivity index (χ2n) is 7.80. The van der Waals surface area contributed by atoms with E-state index in [2.05, 4.69) is 10.1 Å². The lowest BCUT2D eigenvalue weighted by Crippen LogP contribution is -2.54. The number of carbonyl (C=O) groups excluding carboxylic acids is 4. The first kappa shape index (κ1) is 26.2. The largest absolute Gasteiger partial charge is 0.465 e. The highest BCUT2D eigenvalue weighted by molar-refractivity contribution is 6.39. The Morgan fingerprint density at radius 3 is 2.26 bits per heavy atom. The summed E-state index contributed by atoms with van der Waals surface area (Å²) in [5.74, 6) is -2.95. The van der Waals surface area contributed by atoms with Gasteiger partial charge in [0.25, 0.3) is 17.5 Å². The summed E-state index contributed by atoms with van der Waals surface area (Å²) in [5.41, 5.74) is -1.28. The zero-order valence-electron chi connectivity index (χ0n) is 19.9. The van der Waals surface area contributed by atoms with Gasteiger partial charge in [0.05, 0.1) is 34.3 Å². The zero-order chi connectivity index (χ0) is 28.3. The number of anilines is 1. The molecule has 0 unspecified atom stereocenters. The summed E-state index contributed by atoms with van der Waals surface area (Å²) in [7, 11) is 1.20. The third kappa shape index (κ3) is 5.29. The Kier molecular flexibility index (Phi) is 7.10. The molecule has 0 bridgehead atoms. The van der Waals surface area contributed by atoms with Gasteiger partial charge in [0.15, 0.2) is 0 Å². The third-order valence-corrected chi connectivity index (χ3v) is 5.44. The number of urea groups is 1. The van der Waals surface area contributed by atoms with E-state index in [1.54, 1.807) is 6.07 Å². The number of hydrogen-bond acceptors (Lipinski definition) is 10. The predicted molar refractivity (Wildman–Crippen MR) is 133 cm³/mol. The lowest BCUT2D eigenvalue weighted by Gasteiger charge is -2.26. The normalized spacial score (nSPS) is 14.1. The number of nitro benzene ring substituents is 2. The fourth-order valence-corrected chi connectivity index (χ4v) is 3.57. The number of para-hydroxylation sites is 1. The van der Waals surface area contributed by atoms with E-state index in [4.69, 9.17) is 4.74 Å². The number of benzene rings is 3. The number of nitrogens with zero attached hydrogens (tertiary/aromatic N) is 3. The van der Waals surface area contributed by atoms with Crippen molar-refractivity contribution in [2.45, 2.75) is 0 Å². The highest BCUT2D eigenvalue weighted by Gasteiger charge is 2.37. The molecule has 0 atom stereocenters. The fraction of sp³-hybridized carbons (Fsp3) is 0.0400. The van der Waals surface area contributed by atoms with Crippen LogP contribution >= 0.6 is 0 Å². The maximum Gasteiger partial charge on any atom is 0.337 e. The first-order chi connectivity index (χ1) is 18.6. The molecule has 0 spiro atoms. The lowest BCUT2D eigenvalue weighted by atomic mass is 10.1. The van der Waals surface area contributed by atoms with Crippen molar-refractivity contribution in [3.63, 3.8) is 0 Å². The molecule has 0 radical (unpaired) electrons. The Labute approximate surface area is 218 Å². The molecule has 0 aromatic heterocycles. The number of rotatable bonds is 7. The highest BCUT2D eigenvalue weighted by atomic mass is 16.6. The Morgan fingerprint density at radius 1 is 0.923 bits per heavy atom. The number of nitro groups is 2. The van der Waals surface area contributed by atoms with Crippen LogP contribution in [0.1, 0.15) is 15.9 Å². The quantitative estimate of drug-likeness (QED) is 0.154. The van der Waals surface area contributed by atoms with Gasteiger partial charge in [0, 0.05) is 11.6 Å². The summed E-state index contributed by atoms with van der Waals surface area (Å²) in [6.45, 7) is 0. The van der Waals surface area contributed by atoms with Gasteiger partial charge in [-0.1, -0.05) is 18.2 Å². The van der Waals surface area contributed by atoms with Crippen molar-refractivity contribution < 1.29 is 38.5 Å². The van der Waals surface area contributed by atoms with E-state index in [-0.39, 0.29) is 28.3 Å². The highest BCUT2D eigenvalue weighted by Crippen LogP contribution is 2.36. The number of ether oxygens (including phenoxy) is 2. The number of carbonyl (C=O) groups is 4. The molecule has 39 heavy (non-hydrogen) atoms. The maximum absolute atomic E-state index is 13.2. The van der Waals surface area contributed by atoms with Crippen LogP contribution in [-0.2, 0) is 14.3 Å². The number of non-ortho nitro benzene ring substituents is 1. The molecule has 0 saturated carbocycles. The molecule has 3 aromatic carbocycles. The van der Waals surface area contributed by atoms with E-state index in [0.717, 1.165) is 24.3 Å². The molecule has 1 aliphatic heterocycles. The van der Waals surface area contributed by atoms with Crippen LogP contribution in [0.3, 0.4) is 0 Å². The summed E-state index contributed by atoms with van der Waals surface area (Å²) in [6, 6.07) is 13.0. The molecule has 0 aliphatic carbocycles. The van der Waals surface area contributed by atoms with Gasteiger partial charge in [-0.2, -0.15) is 0 Å². The van der Waals surface area contributed by atoms with Crippen molar-refractivity contribution >= 4 is 47.0 Å². The van der Waals surface area contributed by atoms with Gasteiger partial charge < -0.3 is 9.47 Å². The molecule has 1 N–H and O–H groups in total. The van der Waals surface area contributed by atoms with Gasteiger partial charge >= 0.3 is 17.7 Å². The standard InChI is InChI=1S/C25H16N4O10/c1-38-24(32)14-6-8-16(9-7-14)27-23(31)18(22(30)26-25(27)33)12-15-4-2-3-5-20(15)39-21-11-10-17(28(34)35)13-19(21)29(36)37/h2-13H,1H3,(H,26,30,33)/b18-12+. The van der Waals surface area contributed by atoms with Gasteiger partial charge in [0.1, 0.15) is 11.3 Å². The van der Waals surface area contributed by atoms with Crippen molar-refractivity contribution in [1.29, 1.82) is 0 Å². The Bertz CT molecular complexity index is 1580. The molecule has 1 saturated heterocycles. The second kappa shape index (κ2) is 10.6.